The number of nitrogens with zero attached hydrogens (tertiary/aromatic N) is 2. The largest absolute Gasteiger partial charge is 0.438 e. The quantitative estimate of drug-likeness (QED) is 0.0997. The molecule has 0 bridgehead atoms. The molecular weight excluding hydrogens is 636 g/mol. The minimum atomic E-state index is -4.33. The molecule has 1 aromatic heterocycles. The molecule has 3 rings (SSSR count). The fraction of sp³-hybridized carbons (Fsp3) is 0.741. The molecule has 18 heteroatoms. The van der Waals surface area contributed by atoms with Gasteiger partial charge in [-0.15, -0.1) is 0 Å². The number of hydrogen-bond acceptors (Lipinski definition) is 13. The number of aromatic amines is 1. The molecule has 1 saturated carbocycles. The predicted octanol–water partition coefficient (Wildman–Crippen LogP) is 3.17. The van der Waals surface area contributed by atoms with Crippen LogP contribution in [0.3, 0.4) is 0 Å². The van der Waals surface area contributed by atoms with E-state index < -0.39 is 93.3 Å². The summed E-state index contributed by atoms with van der Waals surface area (Å²) in [6.07, 6.45) is -1.92. The Kier molecular flexibility index (Phi) is 11.9. The standard InChI is InChI=1S/C27H41N3O13P2/c1-25(2,3)22(32)37-15-40-45(35,41-16-38-23(33)26(4,5)6)17-14-27(17)20(43-44(9)39-13-11-28-7)19(36-8)21(42-27)30-12-10-18(31)29-24(30)34/h10,12,17,19-21H,11,13-16H2,1-6,8-9H3,(H,29,31,34)/t17?,19-,20+,21-,27-,44?/m1/s1. The molecule has 1 aliphatic carbocycles. The van der Waals surface area contributed by atoms with Crippen molar-refractivity contribution in [3.8, 4) is 0 Å². The van der Waals surface area contributed by atoms with Crippen LogP contribution < -0.4 is 11.2 Å². The van der Waals surface area contributed by atoms with E-state index in [0.29, 0.717) is 0 Å². The zero-order valence-electron chi connectivity index (χ0n) is 26.6. The van der Waals surface area contributed by atoms with Crippen molar-refractivity contribution in [2.75, 3.05) is 40.5 Å². The Morgan fingerprint density at radius 1 is 1.13 bits per heavy atom. The van der Waals surface area contributed by atoms with Crippen LogP contribution in [0.15, 0.2) is 21.9 Å². The molecule has 1 saturated heterocycles. The van der Waals surface area contributed by atoms with Gasteiger partial charge in [0.1, 0.15) is 24.4 Å². The third-order valence-electron chi connectivity index (χ3n) is 6.90. The van der Waals surface area contributed by atoms with Crippen LogP contribution in [0, 0.1) is 17.4 Å². The lowest BCUT2D eigenvalue weighted by Crippen LogP contribution is -2.40. The Morgan fingerprint density at radius 3 is 2.20 bits per heavy atom. The van der Waals surface area contributed by atoms with Crippen molar-refractivity contribution in [1.82, 2.24) is 9.55 Å². The highest BCUT2D eigenvalue weighted by atomic mass is 31.2. The first kappa shape index (κ1) is 37.0. The Balaban J connectivity index is 1.96. The average Bonchev–Trinajstić information content (AvgIpc) is 3.59. The van der Waals surface area contributed by atoms with Crippen LogP contribution in [0.25, 0.3) is 4.85 Å². The molecule has 6 atom stereocenters. The molecule has 2 fully saturated rings. The minimum absolute atomic E-state index is 0.00900. The number of esters is 2. The highest BCUT2D eigenvalue weighted by molar-refractivity contribution is 7.55. The van der Waals surface area contributed by atoms with Gasteiger partial charge in [0, 0.05) is 26.0 Å². The Morgan fingerprint density at radius 2 is 1.71 bits per heavy atom. The lowest BCUT2D eigenvalue weighted by molar-refractivity contribution is -0.162. The van der Waals surface area contributed by atoms with Crippen molar-refractivity contribution in [3.05, 3.63) is 44.5 Å². The maximum atomic E-state index is 14.4. The molecule has 1 N–H and O–H groups in total. The first-order chi connectivity index (χ1) is 20.9. The molecule has 1 spiro atoms. The topological polar surface area (TPSA) is 184 Å². The van der Waals surface area contributed by atoms with Gasteiger partial charge >= 0.3 is 25.2 Å². The van der Waals surface area contributed by atoms with E-state index in [2.05, 4.69) is 9.83 Å². The number of rotatable bonds is 14. The molecule has 1 aliphatic heterocycles. The number of nitrogens with one attached hydrogen (secondary N) is 1. The van der Waals surface area contributed by atoms with E-state index in [-0.39, 0.29) is 19.6 Å². The normalized spacial score (nSPS) is 25.5. The third kappa shape index (κ3) is 8.87. The lowest BCUT2D eigenvalue weighted by atomic mass is 9.98. The van der Waals surface area contributed by atoms with Crippen LogP contribution in [-0.4, -0.2) is 85.5 Å². The van der Waals surface area contributed by atoms with E-state index in [0.717, 1.165) is 10.6 Å². The van der Waals surface area contributed by atoms with Gasteiger partial charge in [-0.2, -0.15) is 0 Å². The van der Waals surface area contributed by atoms with Crippen molar-refractivity contribution in [3.63, 3.8) is 0 Å². The van der Waals surface area contributed by atoms with Crippen LogP contribution in [-0.2, 0) is 51.2 Å². The second kappa shape index (κ2) is 14.5. The third-order valence-corrected chi connectivity index (χ3v) is 10.3. The van der Waals surface area contributed by atoms with Crippen molar-refractivity contribution in [2.45, 2.75) is 77.7 Å². The summed E-state index contributed by atoms with van der Waals surface area (Å²) in [4.78, 5) is 54.7. The van der Waals surface area contributed by atoms with Crippen molar-refractivity contribution < 1.29 is 51.2 Å². The molecule has 252 valence electrons. The van der Waals surface area contributed by atoms with E-state index in [1.54, 1.807) is 48.2 Å². The highest BCUT2D eigenvalue weighted by Crippen LogP contribution is 2.73. The summed E-state index contributed by atoms with van der Waals surface area (Å²) < 4.78 is 61.1. The van der Waals surface area contributed by atoms with Crippen LogP contribution in [0.2, 0.25) is 0 Å². The molecule has 0 amide bonds. The Labute approximate surface area is 262 Å². The van der Waals surface area contributed by atoms with Crippen molar-refractivity contribution in [1.29, 1.82) is 0 Å². The van der Waals surface area contributed by atoms with Crippen LogP contribution >= 0.6 is 16.0 Å². The minimum Gasteiger partial charge on any atom is -0.438 e. The van der Waals surface area contributed by atoms with E-state index in [9.17, 15) is 23.7 Å². The molecular formula is C27H41N3O13P2. The zero-order valence-corrected chi connectivity index (χ0v) is 28.4. The van der Waals surface area contributed by atoms with Crippen LogP contribution in [0.5, 0.6) is 0 Å². The van der Waals surface area contributed by atoms with Gasteiger partial charge in [-0.1, -0.05) is 0 Å². The summed E-state index contributed by atoms with van der Waals surface area (Å²) in [6.45, 7) is 17.2. The van der Waals surface area contributed by atoms with E-state index in [1.165, 1.54) is 13.3 Å². The average molecular weight is 678 g/mol. The van der Waals surface area contributed by atoms with Gasteiger partial charge in [0.05, 0.1) is 16.5 Å². The molecule has 2 aliphatic rings. The highest BCUT2D eigenvalue weighted by Gasteiger charge is 2.77. The summed E-state index contributed by atoms with van der Waals surface area (Å²) in [5.74, 6) is -1.25. The number of hydrogen-bond donors (Lipinski definition) is 1. The molecule has 0 aromatic carbocycles. The number of methoxy groups -OCH3 is 1. The molecule has 1 aromatic rings. The maximum absolute atomic E-state index is 14.4. The molecule has 0 radical (unpaired) electrons. The van der Waals surface area contributed by atoms with E-state index >= 15 is 0 Å². The predicted molar refractivity (Wildman–Crippen MR) is 159 cm³/mol. The second-order valence-corrected chi connectivity index (χ2v) is 16.0. The summed E-state index contributed by atoms with van der Waals surface area (Å²) in [7, 11) is -4.59. The van der Waals surface area contributed by atoms with Gasteiger partial charge in [0.25, 0.3) is 5.56 Å². The molecule has 2 heterocycles. The summed E-state index contributed by atoms with van der Waals surface area (Å²) >= 11 is 0. The summed E-state index contributed by atoms with van der Waals surface area (Å²) in [6, 6.07) is 1.13. The van der Waals surface area contributed by atoms with Crippen molar-refractivity contribution >= 4 is 27.9 Å². The monoisotopic (exact) mass is 677 g/mol. The summed E-state index contributed by atoms with van der Waals surface area (Å²) in [5.41, 5.74) is -5.67. The first-order valence-corrected chi connectivity index (χ1v) is 17.3. The number of aromatic nitrogens is 2. The number of carbonyl (C=O) groups excluding carboxylic acids is 2. The van der Waals surface area contributed by atoms with E-state index in [4.69, 9.17) is 43.6 Å². The fourth-order valence-electron chi connectivity index (χ4n) is 4.44. The Hall–Kier alpha value is -2.47. The van der Waals surface area contributed by atoms with Crippen molar-refractivity contribution in [2.24, 2.45) is 10.8 Å². The van der Waals surface area contributed by atoms with Crippen LogP contribution in [0.1, 0.15) is 54.2 Å². The van der Waals surface area contributed by atoms with Gasteiger partial charge in [-0.05, 0) is 48.0 Å². The van der Waals surface area contributed by atoms with E-state index in [1.807, 2.05) is 0 Å². The molecule has 2 unspecified atom stereocenters. The molecule has 16 nitrogen and oxygen atoms in total. The first-order valence-electron chi connectivity index (χ1n) is 14.0. The van der Waals surface area contributed by atoms with Gasteiger partial charge in [-0.25, -0.2) is 11.4 Å². The lowest BCUT2D eigenvalue weighted by Gasteiger charge is -2.27. The van der Waals surface area contributed by atoms with Gasteiger partial charge in [0.15, 0.2) is 14.6 Å². The fourth-order valence-corrected chi connectivity index (χ4v) is 7.54. The Bertz CT molecular complexity index is 1390. The number of ether oxygens (including phenoxy) is 4. The van der Waals surface area contributed by atoms with Gasteiger partial charge in [-0.3, -0.25) is 37.5 Å². The zero-order chi connectivity index (χ0) is 33.8. The number of carbonyl (C=O) groups is 2. The number of H-pyrrole nitrogens is 1. The molecule has 45 heavy (non-hydrogen) atoms. The van der Waals surface area contributed by atoms with Gasteiger partial charge < -0.3 is 32.8 Å². The van der Waals surface area contributed by atoms with Gasteiger partial charge in [0.2, 0.25) is 20.1 Å². The SMILES string of the molecule is [C-]#[N+]CCOP(C)O[C@H]1[C@@H](OC)[C@H](n2ccc(=O)[nH]c2=O)O[C@@]12CC2P(=O)(OCOC(=O)C(C)(C)C)OCOC(=O)C(C)(C)C. The summed E-state index contributed by atoms with van der Waals surface area (Å²) in [5, 5.41) is 0. The van der Waals surface area contributed by atoms with Crippen LogP contribution in [0.4, 0.5) is 0 Å². The second-order valence-electron chi connectivity index (χ2n) is 12.5. The maximum Gasteiger partial charge on any atom is 0.342 e. The smallest absolute Gasteiger partial charge is 0.342 e.